The van der Waals surface area contributed by atoms with E-state index in [0.29, 0.717) is 6.54 Å². The Hall–Kier alpha value is -1.32. The molecule has 1 heterocycles. The van der Waals surface area contributed by atoms with E-state index in [1.165, 1.54) is 0 Å². The molecule has 0 spiro atoms. The van der Waals surface area contributed by atoms with E-state index in [4.69, 9.17) is 0 Å². The lowest BCUT2D eigenvalue weighted by Crippen LogP contribution is -2.28. The molecule has 1 aromatic rings. The Morgan fingerprint density at radius 1 is 1.69 bits per heavy atom. The Kier molecular flexibility index (Phi) is 3.49. The Balaban J connectivity index is 2.41. The van der Waals surface area contributed by atoms with Crippen LogP contribution in [0.25, 0.3) is 0 Å². The molecule has 0 fully saturated rings. The van der Waals surface area contributed by atoms with Crippen molar-refractivity contribution in [1.82, 2.24) is 14.9 Å². The van der Waals surface area contributed by atoms with Gasteiger partial charge in [-0.2, -0.15) is 0 Å². The molecule has 72 valence electrons. The molecule has 0 unspecified atom stereocenters. The molecule has 0 aromatic carbocycles. The average Bonchev–Trinajstić information content (AvgIpc) is 2.48. The van der Waals surface area contributed by atoms with Crippen LogP contribution in [-0.4, -0.2) is 22.0 Å². The third kappa shape index (κ3) is 2.89. The van der Waals surface area contributed by atoms with Crippen LogP contribution in [0.3, 0.4) is 0 Å². The molecule has 0 aliphatic rings. The fraction of sp³-hybridized carbons (Fsp3) is 0.556. The molecule has 1 aromatic heterocycles. The minimum Gasteiger partial charge on any atom is -0.355 e. The Bertz CT molecular complexity index is 280. The van der Waals surface area contributed by atoms with Crippen LogP contribution < -0.4 is 5.32 Å². The molecule has 1 rings (SSSR count). The smallest absolute Gasteiger partial charge is 0.239 e. The highest BCUT2D eigenvalue weighted by atomic mass is 16.1. The van der Waals surface area contributed by atoms with Gasteiger partial charge < -0.3 is 9.88 Å². The highest BCUT2D eigenvalue weighted by Crippen LogP contribution is 1.93. The van der Waals surface area contributed by atoms with Crippen molar-refractivity contribution >= 4 is 5.91 Å². The molecule has 0 bridgehead atoms. The summed E-state index contributed by atoms with van der Waals surface area (Å²) in [5, 5.41) is 2.81. The number of amides is 1. The first-order valence-electron chi connectivity index (χ1n) is 4.48. The Morgan fingerprint density at radius 3 is 3.00 bits per heavy atom. The molecule has 4 nitrogen and oxygen atoms in total. The first-order valence-corrected chi connectivity index (χ1v) is 4.48. The second-order valence-electron chi connectivity index (χ2n) is 2.95. The van der Waals surface area contributed by atoms with Crippen LogP contribution in [0.5, 0.6) is 0 Å². The van der Waals surface area contributed by atoms with E-state index >= 15 is 0 Å². The maximum absolute atomic E-state index is 11.3. The lowest BCUT2D eigenvalue weighted by molar-refractivity contribution is -0.121. The van der Waals surface area contributed by atoms with Gasteiger partial charge in [0, 0.05) is 18.9 Å². The fourth-order valence-corrected chi connectivity index (χ4v) is 1.05. The molecule has 0 aliphatic heterocycles. The van der Waals surface area contributed by atoms with Gasteiger partial charge >= 0.3 is 0 Å². The first kappa shape index (κ1) is 9.77. The summed E-state index contributed by atoms with van der Waals surface area (Å²) in [6, 6.07) is 0. The van der Waals surface area contributed by atoms with Gasteiger partial charge in [0.25, 0.3) is 0 Å². The summed E-state index contributed by atoms with van der Waals surface area (Å²) in [5.74, 6) is 0.912. The fourth-order valence-electron chi connectivity index (χ4n) is 1.05. The SMILES string of the molecule is CCCNC(=O)Cn1ccnc1C. The standard InChI is InChI=1S/C9H15N3O/c1-3-4-11-9(13)7-12-6-5-10-8(12)2/h5-6H,3-4,7H2,1-2H3,(H,11,13). The van der Waals surface area contributed by atoms with Gasteiger partial charge in [0.05, 0.1) is 0 Å². The predicted octanol–water partition coefficient (Wildman–Crippen LogP) is 0.718. The molecule has 0 saturated heterocycles. The third-order valence-electron chi connectivity index (χ3n) is 1.81. The van der Waals surface area contributed by atoms with E-state index in [0.717, 1.165) is 18.8 Å². The van der Waals surface area contributed by atoms with Gasteiger partial charge in [-0.25, -0.2) is 4.98 Å². The van der Waals surface area contributed by atoms with Gasteiger partial charge in [0.15, 0.2) is 0 Å². The van der Waals surface area contributed by atoms with E-state index in [-0.39, 0.29) is 5.91 Å². The summed E-state index contributed by atoms with van der Waals surface area (Å²) < 4.78 is 1.82. The summed E-state index contributed by atoms with van der Waals surface area (Å²) in [5.41, 5.74) is 0. The number of rotatable bonds is 4. The highest BCUT2D eigenvalue weighted by Gasteiger charge is 2.02. The minimum atomic E-state index is 0.0444. The number of carbonyl (C=O) groups is 1. The minimum absolute atomic E-state index is 0.0444. The molecule has 4 heteroatoms. The first-order chi connectivity index (χ1) is 6.24. The highest BCUT2D eigenvalue weighted by molar-refractivity contribution is 5.75. The number of hydrogen-bond donors (Lipinski definition) is 1. The third-order valence-corrected chi connectivity index (χ3v) is 1.81. The molecule has 1 N–H and O–H groups in total. The number of carbonyl (C=O) groups excluding carboxylic acids is 1. The van der Waals surface area contributed by atoms with Crippen LogP contribution in [0.4, 0.5) is 0 Å². The normalized spacial score (nSPS) is 10.0. The molecule has 1 amide bonds. The quantitative estimate of drug-likeness (QED) is 0.744. The second-order valence-corrected chi connectivity index (χ2v) is 2.95. The van der Waals surface area contributed by atoms with Gasteiger partial charge in [0.1, 0.15) is 12.4 Å². The molecule has 0 saturated carbocycles. The van der Waals surface area contributed by atoms with Gasteiger partial charge in [-0.15, -0.1) is 0 Å². The number of aryl methyl sites for hydroxylation is 1. The number of nitrogens with zero attached hydrogens (tertiary/aromatic N) is 2. The van der Waals surface area contributed by atoms with Crippen LogP contribution in [-0.2, 0) is 11.3 Å². The molecule has 0 atom stereocenters. The van der Waals surface area contributed by atoms with Crippen LogP contribution in [0.15, 0.2) is 12.4 Å². The molecular formula is C9H15N3O. The van der Waals surface area contributed by atoms with Crippen LogP contribution >= 0.6 is 0 Å². The maximum atomic E-state index is 11.3. The molecule has 0 aliphatic carbocycles. The summed E-state index contributed by atoms with van der Waals surface area (Å²) in [7, 11) is 0. The number of nitrogens with one attached hydrogen (secondary N) is 1. The zero-order chi connectivity index (χ0) is 9.68. The maximum Gasteiger partial charge on any atom is 0.239 e. The van der Waals surface area contributed by atoms with E-state index in [2.05, 4.69) is 10.3 Å². The van der Waals surface area contributed by atoms with Crippen LogP contribution in [0.1, 0.15) is 19.2 Å². The van der Waals surface area contributed by atoms with Gasteiger partial charge in [0.2, 0.25) is 5.91 Å². The average molecular weight is 181 g/mol. The van der Waals surface area contributed by atoms with Gasteiger partial charge in [-0.05, 0) is 13.3 Å². The Morgan fingerprint density at radius 2 is 2.46 bits per heavy atom. The van der Waals surface area contributed by atoms with E-state index < -0.39 is 0 Å². The van der Waals surface area contributed by atoms with Crippen LogP contribution in [0, 0.1) is 6.92 Å². The van der Waals surface area contributed by atoms with Crippen molar-refractivity contribution in [2.24, 2.45) is 0 Å². The summed E-state index contributed by atoms with van der Waals surface area (Å²) in [6.07, 6.45) is 4.47. The summed E-state index contributed by atoms with van der Waals surface area (Å²) in [4.78, 5) is 15.3. The number of aromatic nitrogens is 2. The van der Waals surface area contributed by atoms with Gasteiger partial charge in [-0.1, -0.05) is 6.92 Å². The molecular weight excluding hydrogens is 166 g/mol. The van der Waals surface area contributed by atoms with E-state index in [1.54, 1.807) is 12.4 Å². The molecule has 0 radical (unpaired) electrons. The van der Waals surface area contributed by atoms with Crippen molar-refractivity contribution in [3.8, 4) is 0 Å². The van der Waals surface area contributed by atoms with Crippen molar-refractivity contribution in [3.05, 3.63) is 18.2 Å². The van der Waals surface area contributed by atoms with Crippen LogP contribution in [0.2, 0.25) is 0 Å². The predicted molar refractivity (Wildman–Crippen MR) is 50.3 cm³/mol. The van der Waals surface area contributed by atoms with Crippen molar-refractivity contribution in [1.29, 1.82) is 0 Å². The van der Waals surface area contributed by atoms with Crippen molar-refractivity contribution in [3.63, 3.8) is 0 Å². The zero-order valence-corrected chi connectivity index (χ0v) is 8.08. The van der Waals surface area contributed by atoms with Gasteiger partial charge in [-0.3, -0.25) is 4.79 Å². The molecule has 13 heavy (non-hydrogen) atoms. The van der Waals surface area contributed by atoms with Crippen molar-refractivity contribution in [2.75, 3.05) is 6.54 Å². The second kappa shape index (κ2) is 4.64. The topological polar surface area (TPSA) is 46.9 Å². The van der Waals surface area contributed by atoms with Crippen molar-refractivity contribution < 1.29 is 4.79 Å². The largest absolute Gasteiger partial charge is 0.355 e. The summed E-state index contributed by atoms with van der Waals surface area (Å²) in [6.45, 7) is 5.02. The van der Waals surface area contributed by atoms with E-state index in [9.17, 15) is 4.79 Å². The Labute approximate surface area is 78.0 Å². The van der Waals surface area contributed by atoms with Crippen molar-refractivity contribution in [2.45, 2.75) is 26.8 Å². The summed E-state index contributed by atoms with van der Waals surface area (Å²) >= 11 is 0. The number of hydrogen-bond acceptors (Lipinski definition) is 2. The lowest BCUT2D eigenvalue weighted by atomic mass is 10.4. The zero-order valence-electron chi connectivity index (χ0n) is 8.08. The van der Waals surface area contributed by atoms with E-state index in [1.807, 2.05) is 18.4 Å². The number of imidazole rings is 1. The monoisotopic (exact) mass is 181 g/mol. The lowest BCUT2D eigenvalue weighted by Gasteiger charge is -2.05.